The first-order valence-corrected chi connectivity index (χ1v) is 23.1. The van der Waals surface area contributed by atoms with E-state index in [1.165, 1.54) is 20.3 Å². The average Bonchev–Trinajstić information content (AvgIpc) is 3.88. The van der Waals surface area contributed by atoms with E-state index >= 15 is 8.78 Å². The molecule has 16 heteroatoms. The highest BCUT2D eigenvalue weighted by Gasteiger charge is 2.78. The molecule has 4 heterocycles. The highest BCUT2D eigenvalue weighted by Crippen LogP contribution is 2.78. The number of H-pyrrole nitrogens is 2. The number of methoxy groups -OCH3 is 2. The summed E-state index contributed by atoms with van der Waals surface area (Å²) in [5.41, 5.74) is 4.70. The van der Waals surface area contributed by atoms with Gasteiger partial charge in [0.25, 0.3) is 5.92 Å². The van der Waals surface area contributed by atoms with E-state index in [2.05, 4.69) is 20.6 Å². The number of alkyl halides is 2. The third-order valence-electron chi connectivity index (χ3n) is 15.8. The number of carbonyl (C=O) groups is 4. The van der Waals surface area contributed by atoms with Gasteiger partial charge in [0, 0.05) is 34.7 Å². The smallest absolute Gasteiger partial charge is 0.407 e. The van der Waals surface area contributed by atoms with Crippen molar-refractivity contribution < 1.29 is 37.4 Å². The molecule has 344 valence electrons. The van der Waals surface area contributed by atoms with Crippen LogP contribution in [-0.2, 0) is 25.0 Å². The number of aromatic nitrogens is 4. The lowest BCUT2D eigenvalue weighted by atomic mass is 9.75. The Morgan fingerprint density at radius 1 is 0.773 bits per heavy atom. The predicted octanol–water partition coefficient (Wildman–Crippen LogP) is 8.61. The molecule has 7 unspecified atom stereocenters. The van der Waals surface area contributed by atoms with E-state index in [0.29, 0.717) is 57.6 Å². The molecule has 4 N–H and O–H groups in total. The Kier molecular flexibility index (Phi) is 9.52. The van der Waals surface area contributed by atoms with Gasteiger partial charge < -0.3 is 39.9 Å². The number of alkyl carbamates (subject to hydrolysis) is 2. The molecule has 7 atom stereocenters. The van der Waals surface area contributed by atoms with Gasteiger partial charge in [-0.3, -0.25) is 9.59 Å². The van der Waals surface area contributed by atoms with Crippen LogP contribution in [0.3, 0.4) is 0 Å². The third-order valence-corrected chi connectivity index (χ3v) is 15.8. The van der Waals surface area contributed by atoms with Gasteiger partial charge in [-0.05, 0) is 108 Å². The van der Waals surface area contributed by atoms with Crippen molar-refractivity contribution in [3.05, 3.63) is 83.6 Å². The molecule has 2 aliphatic heterocycles. The topological polar surface area (TPSA) is 175 Å². The normalized spacial score (nSPS) is 25.5. The molecule has 66 heavy (non-hydrogen) atoms. The number of fused-ring (bicyclic) bond motifs is 4. The van der Waals surface area contributed by atoms with Gasteiger partial charge in [0.1, 0.15) is 23.7 Å². The van der Waals surface area contributed by atoms with Crippen LogP contribution in [0.2, 0.25) is 0 Å². The number of benzene rings is 3. The number of carbonyl (C=O) groups excluding carboxylic acids is 4. The molecule has 3 saturated carbocycles. The molecular formula is C50H54F2N8O6. The van der Waals surface area contributed by atoms with Gasteiger partial charge in [0.05, 0.1) is 49.2 Å². The van der Waals surface area contributed by atoms with E-state index in [4.69, 9.17) is 19.4 Å². The summed E-state index contributed by atoms with van der Waals surface area (Å²) in [7, 11) is 2.55. The zero-order chi connectivity index (χ0) is 46.2. The van der Waals surface area contributed by atoms with Crippen LogP contribution >= 0.6 is 0 Å². The number of halogens is 2. The summed E-state index contributed by atoms with van der Waals surface area (Å²) >= 11 is 0. The first kappa shape index (κ1) is 42.3. The van der Waals surface area contributed by atoms with Crippen molar-refractivity contribution in [2.24, 2.45) is 28.6 Å². The highest BCUT2D eigenvalue weighted by atomic mass is 19.3. The van der Waals surface area contributed by atoms with Crippen LogP contribution in [-0.4, -0.2) is 92.6 Å². The van der Waals surface area contributed by atoms with Gasteiger partial charge in [-0.25, -0.2) is 19.6 Å². The largest absolute Gasteiger partial charge is 0.453 e. The van der Waals surface area contributed by atoms with E-state index < -0.39 is 30.2 Å². The van der Waals surface area contributed by atoms with Gasteiger partial charge in [-0.2, -0.15) is 8.78 Å². The van der Waals surface area contributed by atoms with Crippen molar-refractivity contribution in [1.29, 1.82) is 0 Å². The third kappa shape index (κ3) is 6.36. The molecule has 4 aliphatic carbocycles. The Balaban J connectivity index is 0.847. The number of nitrogens with one attached hydrogen (secondary N) is 4. The Labute approximate surface area is 380 Å². The van der Waals surface area contributed by atoms with Crippen LogP contribution in [0, 0.1) is 28.6 Å². The summed E-state index contributed by atoms with van der Waals surface area (Å²) in [5, 5.41) is 5.45. The molecular weight excluding hydrogens is 847 g/mol. The minimum Gasteiger partial charge on any atom is -0.453 e. The number of likely N-dealkylation sites (tertiary alicyclic amines) is 2. The van der Waals surface area contributed by atoms with Gasteiger partial charge in [0.2, 0.25) is 11.8 Å². The minimum absolute atomic E-state index is 0.0102. The summed E-state index contributed by atoms with van der Waals surface area (Å²) in [6.07, 6.45) is 6.04. The second kappa shape index (κ2) is 14.8. The van der Waals surface area contributed by atoms with Crippen molar-refractivity contribution in [3.63, 3.8) is 0 Å². The number of rotatable bonds is 10. The van der Waals surface area contributed by atoms with E-state index in [1.807, 2.05) is 62.9 Å². The molecule has 2 spiro atoms. The quantitative estimate of drug-likeness (QED) is 0.108. The summed E-state index contributed by atoms with van der Waals surface area (Å²) < 4.78 is 43.1. The number of hydrogen-bond acceptors (Lipinski definition) is 8. The molecule has 2 aromatic heterocycles. The number of amides is 4. The number of aromatic amines is 2. The van der Waals surface area contributed by atoms with Crippen molar-refractivity contribution in [2.45, 2.75) is 102 Å². The van der Waals surface area contributed by atoms with Crippen LogP contribution in [0.25, 0.3) is 44.5 Å². The standard InChI is InChI=1S/C50H54F2N8O6/c1-24(2)39(57-46(63)65-5)44(61)59-23-48(15-16-48)21-37(59)42-53-22-36(56-42)28-8-12-31-30-11-7-26(17-32(30)50(51,52)33(31)18-28)27-9-13-34-35(19-27)55-43(54-34)41-49-20-29(49)10-14-38(49)60(41)45(62)40(25(3)4)58-47(64)66-6/h7-9,11-13,17-19,22,24-25,29,37-41H,10,14-16,20-21,23H2,1-6H3,(H,53,56)(H,54,55)(H,57,63)(H,58,64). The van der Waals surface area contributed by atoms with Gasteiger partial charge in [0.15, 0.2) is 0 Å². The molecule has 5 aromatic rings. The van der Waals surface area contributed by atoms with E-state index in [0.717, 1.165) is 49.6 Å². The molecule has 0 radical (unpaired) electrons. The number of hydrogen-bond donors (Lipinski definition) is 4. The fraction of sp³-hybridized carbons (Fsp3) is 0.480. The summed E-state index contributed by atoms with van der Waals surface area (Å²) in [6.45, 7) is 8.11. The molecule has 11 rings (SSSR count). The molecule has 6 aliphatic rings. The molecule has 14 nitrogen and oxygen atoms in total. The fourth-order valence-electron chi connectivity index (χ4n) is 12.1. The zero-order valence-corrected chi connectivity index (χ0v) is 37.8. The SMILES string of the molecule is COC(=O)NC(C(=O)N1CC2(CC2)CC1c1ncc(-c2ccc3c(c2)C(F)(F)c2cc(-c4ccc5nc(C6N(C(=O)C(NC(=O)OC)C(C)C)C7CCC8CC876)[nH]c5c4)ccc2-3)[nH]1)C(C)C. The van der Waals surface area contributed by atoms with Gasteiger partial charge in [-0.1, -0.05) is 58.0 Å². The lowest BCUT2D eigenvalue weighted by Crippen LogP contribution is -2.65. The van der Waals surface area contributed by atoms with E-state index in [9.17, 15) is 19.2 Å². The molecule has 5 fully saturated rings. The Morgan fingerprint density at radius 2 is 1.39 bits per heavy atom. The van der Waals surface area contributed by atoms with Gasteiger partial charge in [-0.15, -0.1) is 0 Å². The number of ether oxygens (including phenoxy) is 2. The Morgan fingerprint density at radius 3 is 2.03 bits per heavy atom. The summed E-state index contributed by atoms with van der Waals surface area (Å²) in [4.78, 5) is 72.9. The van der Waals surface area contributed by atoms with Crippen LogP contribution in [0.1, 0.15) is 101 Å². The summed E-state index contributed by atoms with van der Waals surface area (Å²) in [6, 6.07) is 13.9. The van der Waals surface area contributed by atoms with Crippen LogP contribution in [0.5, 0.6) is 0 Å². The fourth-order valence-corrected chi connectivity index (χ4v) is 12.1. The highest BCUT2D eigenvalue weighted by molar-refractivity contribution is 5.90. The van der Waals surface area contributed by atoms with Crippen LogP contribution in [0.4, 0.5) is 18.4 Å². The second-order valence-corrected chi connectivity index (χ2v) is 20.3. The minimum atomic E-state index is -3.29. The first-order chi connectivity index (χ1) is 31.6. The molecule has 0 bridgehead atoms. The maximum Gasteiger partial charge on any atom is 0.407 e. The zero-order valence-electron chi connectivity index (χ0n) is 37.8. The number of nitrogens with zero attached hydrogens (tertiary/aromatic N) is 4. The van der Waals surface area contributed by atoms with Gasteiger partial charge >= 0.3 is 12.2 Å². The van der Waals surface area contributed by atoms with Crippen molar-refractivity contribution in [3.8, 4) is 33.5 Å². The van der Waals surface area contributed by atoms with Crippen LogP contribution < -0.4 is 10.6 Å². The van der Waals surface area contributed by atoms with Crippen molar-refractivity contribution in [1.82, 2.24) is 40.4 Å². The maximum absolute atomic E-state index is 16.7. The summed E-state index contributed by atoms with van der Waals surface area (Å²) in [5.74, 6) is -2.18. The monoisotopic (exact) mass is 900 g/mol. The Hall–Kier alpha value is -6.32. The van der Waals surface area contributed by atoms with E-state index in [1.54, 1.807) is 29.3 Å². The second-order valence-electron chi connectivity index (χ2n) is 20.3. The molecule has 4 amide bonds. The lowest BCUT2D eigenvalue weighted by Gasteiger charge is -2.55. The number of imidazole rings is 2. The van der Waals surface area contributed by atoms with Crippen molar-refractivity contribution >= 4 is 35.0 Å². The lowest BCUT2D eigenvalue weighted by molar-refractivity contribution is -0.161. The maximum atomic E-state index is 16.7. The Bertz CT molecular complexity index is 2850. The average molecular weight is 901 g/mol. The van der Waals surface area contributed by atoms with Crippen molar-refractivity contribution in [2.75, 3.05) is 20.8 Å². The first-order valence-electron chi connectivity index (χ1n) is 23.1. The molecule has 3 aromatic carbocycles. The predicted molar refractivity (Wildman–Crippen MR) is 240 cm³/mol. The molecule has 2 saturated heterocycles. The van der Waals surface area contributed by atoms with Crippen LogP contribution in [0.15, 0.2) is 60.8 Å². The van der Waals surface area contributed by atoms with E-state index in [-0.39, 0.29) is 63.7 Å².